The van der Waals surface area contributed by atoms with Gasteiger partial charge in [0.15, 0.2) is 6.10 Å². The highest BCUT2D eigenvalue weighted by Gasteiger charge is 2.19. The molecule has 0 aliphatic rings. The molecule has 0 aromatic heterocycles. The summed E-state index contributed by atoms with van der Waals surface area (Å²) in [5.41, 5.74) is 0. The second-order valence-electron chi connectivity index (χ2n) is 17.4. The number of esters is 3. The Balaban J connectivity index is 4.52. The summed E-state index contributed by atoms with van der Waals surface area (Å²) in [4.78, 5) is 38.0. The standard InChI is InChI=1S/C58H98O6/c1-4-7-10-13-16-19-22-25-28-30-33-36-39-42-45-48-51-57(60)63-54-55(53-62-56(59)50-47-44-41-38-35-32-27-24-21-18-15-12-9-6-3)64-58(61)52-49-46-43-40-37-34-31-29-26-23-20-17-14-11-8-5-2/h7,10,16,19,25,28-29,31-33,35-36,42,45,55H,4-6,8-9,11-15,17-18,20-24,26-27,30,34,37-41,43-44,46-54H2,1-3H3/b10-7-,19-16-,28-25-,31-29-,35-32-,36-33-,45-42-. The van der Waals surface area contributed by atoms with E-state index in [-0.39, 0.29) is 37.5 Å². The molecule has 0 bridgehead atoms. The molecule has 0 spiro atoms. The molecule has 6 nitrogen and oxygen atoms in total. The van der Waals surface area contributed by atoms with Crippen molar-refractivity contribution in [3.05, 3.63) is 85.1 Å². The molecule has 0 aromatic carbocycles. The molecular formula is C58H98O6. The lowest BCUT2D eigenvalue weighted by Crippen LogP contribution is -2.30. The van der Waals surface area contributed by atoms with Crippen LogP contribution in [0.3, 0.4) is 0 Å². The van der Waals surface area contributed by atoms with Crippen LogP contribution in [-0.2, 0) is 28.6 Å². The zero-order valence-electron chi connectivity index (χ0n) is 41.8. The van der Waals surface area contributed by atoms with Crippen molar-refractivity contribution in [3.63, 3.8) is 0 Å². The predicted molar refractivity (Wildman–Crippen MR) is 274 cm³/mol. The van der Waals surface area contributed by atoms with Crippen molar-refractivity contribution in [2.75, 3.05) is 13.2 Å². The number of allylic oxidation sites excluding steroid dienone is 14. The molecule has 0 aliphatic carbocycles. The van der Waals surface area contributed by atoms with Crippen molar-refractivity contribution in [2.24, 2.45) is 0 Å². The lowest BCUT2D eigenvalue weighted by Gasteiger charge is -2.18. The summed E-state index contributed by atoms with van der Waals surface area (Å²) in [5.74, 6) is -1.02. The lowest BCUT2D eigenvalue weighted by atomic mass is 10.1. The minimum Gasteiger partial charge on any atom is -0.462 e. The van der Waals surface area contributed by atoms with Crippen LogP contribution in [0.2, 0.25) is 0 Å². The summed E-state index contributed by atoms with van der Waals surface area (Å²) in [7, 11) is 0. The molecule has 0 heterocycles. The molecule has 0 radical (unpaired) electrons. The van der Waals surface area contributed by atoms with Crippen molar-refractivity contribution in [3.8, 4) is 0 Å². The summed E-state index contributed by atoms with van der Waals surface area (Å²) >= 11 is 0. The second-order valence-corrected chi connectivity index (χ2v) is 17.4. The third-order valence-corrected chi connectivity index (χ3v) is 11.1. The molecule has 0 saturated carbocycles. The summed E-state index contributed by atoms with van der Waals surface area (Å²) < 4.78 is 16.7. The van der Waals surface area contributed by atoms with Crippen LogP contribution in [0.4, 0.5) is 0 Å². The first-order valence-electron chi connectivity index (χ1n) is 26.6. The van der Waals surface area contributed by atoms with Gasteiger partial charge in [-0.25, -0.2) is 0 Å². The zero-order valence-corrected chi connectivity index (χ0v) is 41.8. The van der Waals surface area contributed by atoms with Gasteiger partial charge in [0.2, 0.25) is 0 Å². The molecule has 0 N–H and O–H groups in total. The van der Waals surface area contributed by atoms with Crippen molar-refractivity contribution < 1.29 is 28.6 Å². The molecule has 64 heavy (non-hydrogen) atoms. The minimum atomic E-state index is -0.816. The van der Waals surface area contributed by atoms with Crippen LogP contribution in [0.25, 0.3) is 0 Å². The van der Waals surface area contributed by atoms with E-state index in [2.05, 4.69) is 99.8 Å². The van der Waals surface area contributed by atoms with Crippen LogP contribution < -0.4 is 0 Å². The largest absolute Gasteiger partial charge is 0.462 e. The summed E-state index contributed by atoms with van der Waals surface area (Å²) in [6.45, 7) is 6.43. The van der Waals surface area contributed by atoms with Gasteiger partial charge in [0.1, 0.15) is 13.2 Å². The highest BCUT2D eigenvalue weighted by Crippen LogP contribution is 2.13. The molecule has 0 fully saturated rings. The van der Waals surface area contributed by atoms with E-state index in [9.17, 15) is 14.4 Å². The molecule has 0 amide bonds. The Bertz CT molecular complexity index is 1250. The summed E-state index contributed by atoms with van der Waals surface area (Å²) in [5, 5.41) is 0. The van der Waals surface area contributed by atoms with E-state index >= 15 is 0 Å². The Morgan fingerprint density at radius 3 is 1.06 bits per heavy atom. The van der Waals surface area contributed by atoms with Gasteiger partial charge in [-0.2, -0.15) is 0 Å². The average Bonchev–Trinajstić information content (AvgIpc) is 3.29. The van der Waals surface area contributed by atoms with Gasteiger partial charge in [0.25, 0.3) is 0 Å². The van der Waals surface area contributed by atoms with E-state index in [4.69, 9.17) is 14.2 Å². The van der Waals surface area contributed by atoms with Crippen molar-refractivity contribution in [1.29, 1.82) is 0 Å². The smallest absolute Gasteiger partial charge is 0.306 e. The fourth-order valence-corrected chi connectivity index (χ4v) is 7.13. The lowest BCUT2D eigenvalue weighted by molar-refractivity contribution is -0.166. The molecule has 1 unspecified atom stereocenters. The van der Waals surface area contributed by atoms with Crippen LogP contribution in [0, 0.1) is 0 Å². The molecule has 0 rings (SSSR count). The van der Waals surface area contributed by atoms with E-state index in [0.29, 0.717) is 19.3 Å². The van der Waals surface area contributed by atoms with Gasteiger partial charge < -0.3 is 14.2 Å². The van der Waals surface area contributed by atoms with Gasteiger partial charge in [-0.1, -0.05) is 209 Å². The van der Waals surface area contributed by atoms with Crippen LogP contribution in [0.1, 0.15) is 245 Å². The van der Waals surface area contributed by atoms with Crippen LogP contribution in [0.5, 0.6) is 0 Å². The normalized spacial score (nSPS) is 12.7. The Kier molecular flexibility index (Phi) is 49.4. The molecule has 0 saturated heterocycles. The fourth-order valence-electron chi connectivity index (χ4n) is 7.13. The van der Waals surface area contributed by atoms with Crippen LogP contribution in [0.15, 0.2) is 85.1 Å². The Hall–Kier alpha value is -3.41. The molecule has 6 heteroatoms. The number of hydrogen-bond donors (Lipinski definition) is 0. The monoisotopic (exact) mass is 891 g/mol. The summed E-state index contributed by atoms with van der Waals surface area (Å²) in [6.07, 6.45) is 67.2. The zero-order chi connectivity index (χ0) is 46.5. The third kappa shape index (κ3) is 49.6. The number of unbranched alkanes of at least 4 members (excludes halogenated alkanes) is 22. The van der Waals surface area contributed by atoms with Gasteiger partial charge >= 0.3 is 17.9 Å². The highest BCUT2D eigenvalue weighted by atomic mass is 16.6. The van der Waals surface area contributed by atoms with Crippen molar-refractivity contribution in [1.82, 2.24) is 0 Å². The first kappa shape index (κ1) is 60.6. The van der Waals surface area contributed by atoms with Gasteiger partial charge in [0, 0.05) is 19.3 Å². The van der Waals surface area contributed by atoms with Gasteiger partial charge in [-0.05, 0) is 103 Å². The Morgan fingerprint density at radius 1 is 0.328 bits per heavy atom. The van der Waals surface area contributed by atoms with Crippen molar-refractivity contribution in [2.45, 2.75) is 252 Å². The third-order valence-electron chi connectivity index (χ3n) is 11.1. The maximum absolute atomic E-state index is 12.8. The fraction of sp³-hybridized carbons (Fsp3) is 0.707. The van der Waals surface area contributed by atoms with Gasteiger partial charge in [-0.15, -0.1) is 0 Å². The van der Waals surface area contributed by atoms with Crippen LogP contribution in [-0.4, -0.2) is 37.2 Å². The number of hydrogen-bond acceptors (Lipinski definition) is 6. The van der Waals surface area contributed by atoms with Gasteiger partial charge in [0.05, 0.1) is 0 Å². The maximum Gasteiger partial charge on any atom is 0.306 e. The van der Waals surface area contributed by atoms with Crippen LogP contribution >= 0.6 is 0 Å². The molecule has 1 atom stereocenters. The van der Waals surface area contributed by atoms with E-state index in [1.54, 1.807) is 0 Å². The maximum atomic E-state index is 12.8. The van der Waals surface area contributed by atoms with E-state index in [1.165, 1.54) is 103 Å². The quantitative estimate of drug-likeness (QED) is 0.0262. The topological polar surface area (TPSA) is 78.9 Å². The minimum absolute atomic E-state index is 0.111. The summed E-state index contributed by atoms with van der Waals surface area (Å²) in [6, 6.07) is 0. The highest BCUT2D eigenvalue weighted by molar-refractivity contribution is 5.71. The first-order valence-corrected chi connectivity index (χ1v) is 26.6. The number of carbonyl (C=O) groups is 3. The molecule has 0 aromatic rings. The predicted octanol–water partition coefficient (Wildman–Crippen LogP) is 17.6. The van der Waals surface area contributed by atoms with E-state index in [0.717, 1.165) is 96.3 Å². The Labute approximate surface area is 395 Å². The Morgan fingerprint density at radius 2 is 0.641 bits per heavy atom. The molecule has 366 valence electrons. The average molecular weight is 891 g/mol. The van der Waals surface area contributed by atoms with E-state index < -0.39 is 6.10 Å². The van der Waals surface area contributed by atoms with E-state index in [1.807, 2.05) is 6.08 Å². The van der Waals surface area contributed by atoms with Crippen molar-refractivity contribution >= 4 is 17.9 Å². The number of rotatable bonds is 47. The SMILES string of the molecule is CC/C=C\C/C=C\C/C=C\C/C=C\C/C=C\CCC(=O)OCC(COC(=O)CCCCC/C=C\CCCCCCCCC)OC(=O)CCCCCCC/C=C\CCCCCCCCC. The van der Waals surface area contributed by atoms with Gasteiger partial charge in [-0.3, -0.25) is 14.4 Å². The first-order chi connectivity index (χ1) is 31.5. The number of ether oxygens (including phenoxy) is 3. The molecule has 0 aliphatic heterocycles. The molecular weight excluding hydrogens is 793 g/mol. The number of carbonyl (C=O) groups excluding carboxylic acids is 3. The second kappa shape index (κ2) is 52.2.